The largest absolute Gasteiger partial charge is 0.352 e. The molecule has 0 spiro atoms. The van der Waals surface area contributed by atoms with E-state index in [1.165, 1.54) is 93.3 Å². The number of ether oxygens (including phenoxy) is 2. The highest BCUT2D eigenvalue weighted by molar-refractivity contribution is 8.16. The van der Waals surface area contributed by atoms with Gasteiger partial charge in [-0.2, -0.15) is 0 Å². The minimum absolute atomic E-state index is 0.0161. The van der Waals surface area contributed by atoms with Crippen LogP contribution in [0.15, 0.2) is 60.7 Å². The van der Waals surface area contributed by atoms with Crippen molar-refractivity contribution in [2.45, 2.75) is 160 Å². The fourth-order valence-electron chi connectivity index (χ4n) is 8.60. The van der Waals surface area contributed by atoms with Gasteiger partial charge in [0.15, 0.2) is 6.29 Å². The van der Waals surface area contributed by atoms with Crippen LogP contribution in [0, 0.1) is 29.4 Å². The van der Waals surface area contributed by atoms with Crippen molar-refractivity contribution in [1.82, 2.24) is 0 Å². The normalized spacial score (nSPS) is 24.0. The summed E-state index contributed by atoms with van der Waals surface area (Å²) in [4.78, 5) is 0. The Morgan fingerprint density at radius 2 is 1.25 bits per heavy atom. The summed E-state index contributed by atoms with van der Waals surface area (Å²) in [6.07, 6.45) is 21.6. The number of halogens is 2. The molecule has 1 aliphatic carbocycles. The number of rotatable bonds is 18. The first-order chi connectivity index (χ1) is 27.4. The average Bonchev–Trinajstić information content (AvgIpc) is 3.24. The van der Waals surface area contributed by atoms with Crippen molar-refractivity contribution in [3.8, 4) is 11.1 Å². The minimum atomic E-state index is -0.0889. The Kier molecular flexibility index (Phi) is 20.1. The van der Waals surface area contributed by atoms with Crippen molar-refractivity contribution < 1.29 is 18.3 Å². The topological polar surface area (TPSA) is 18.5 Å². The molecule has 0 radical (unpaired) electrons. The van der Waals surface area contributed by atoms with E-state index < -0.39 is 0 Å². The predicted octanol–water partition coefficient (Wildman–Crippen LogP) is 15.5. The summed E-state index contributed by atoms with van der Waals surface area (Å²) in [5, 5.41) is 0. The second kappa shape index (κ2) is 24.9. The predicted molar refractivity (Wildman–Crippen MR) is 239 cm³/mol. The number of thioether (sulfide) groups is 2. The molecule has 0 N–H and O–H groups in total. The van der Waals surface area contributed by atoms with Crippen LogP contribution in [0.25, 0.3) is 11.1 Å². The highest BCUT2D eigenvalue weighted by Crippen LogP contribution is 2.47. The Labute approximate surface area is 348 Å². The Morgan fingerprint density at radius 1 is 0.607 bits per heavy atom. The molecular formula is C50H72F2O2S2. The van der Waals surface area contributed by atoms with Gasteiger partial charge in [-0.05, 0) is 121 Å². The van der Waals surface area contributed by atoms with Gasteiger partial charge in [-0.25, -0.2) is 8.78 Å². The zero-order valence-electron chi connectivity index (χ0n) is 35.2. The molecule has 56 heavy (non-hydrogen) atoms. The molecule has 2 heterocycles. The highest BCUT2D eigenvalue weighted by Gasteiger charge is 2.33. The Morgan fingerprint density at radius 3 is 1.89 bits per heavy atom. The third-order valence-electron chi connectivity index (χ3n) is 12.3. The van der Waals surface area contributed by atoms with E-state index in [0.29, 0.717) is 22.3 Å². The molecule has 2 nitrogen and oxygen atoms in total. The zero-order valence-corrected chi connectivity index (χ0v) is 36.8. The second-order valence-corrected chi connectivity index (χ2v) is 19.4. The summed E-state index contributed by atoms with van der Waals surface area (Å²) in [6.45, 7) is 10.5. The van der Waals surface area contributed by atoms with E-state index in [2.05, 4.69) is 80.7 Å². The maximum Gasteiger partial charge on any atom is 0.160 e. The molecule has 0 amide bonds. The minimum Gasteiger partial charge on any atom is -0.352 e. The van der Waals surface area contributed by atoms with E-state index in [1.54, 1.807) is 12.1 Å². The van der Waals surface area contributed by atoms with Crippen LogP contribution in [0.2, 0.25) is 0 Å². The zero-order chi connectivity index (χ0) is 39.5. The highest BCUT2D eigenvalue weighted by atomic mass is 32.2. The van der Waals surface area contributed by atoms with Crippen LogP contribution in [-0.2, 0) is 22.3 Å². The van der Waals surface area contributed by atoms with Gasteiger partial charge in [0.2, 0.25) is 0 Å². The van der Waals surface area contributed by atoms with Crippen molar-refractivity contribution in [2.24, 2.45) is 17.8 Å². The molecule has 310 valence electrons. The van der Waals surface area contributed by atoms with E-state index in [0.717, 1.165) is 86.3 Å². The molecule has 0 aromatic heterocycles. The number of benzene rings is 3. The van der Waals surface area contributed by atoms with E-state index in [9.17, 15) is 8.78 Å². The second-order valence-electron chi connectivity index (χ2n) is 16.8. The Bertz CT molecular complexity index is 1520. The fraction of sp³-hybridized carbons (Fsp3) is 0.640. The lowest BCUT2D eigenvalue weighted by Crippen LogP contribution is -2.38. The lowest BCUT2D eigenvalue weighted by molar-refractivity contribution is -0.229. The molecule has 3 aromatic rings. The average molecular weight is 807 g/mol. The summed E-state index contributed by atoms with van der Waals surface area (Å²) in [7, 11) is 0. The molecular weight excluding hydrogens is 735 g/mol. The molecule has 2 aliphatic heterocycles. The maximum absolute atomic E-state index is 14.8. The van der Waals surface area contributed by atoms with Gasteiger partial charge in [-0.3, -0.25) is 0 Å². The van der Waals surface area contributed by atoms with Crippen molar-refractivity contribution in [3.05, 3.63) is 94.6 Å². The number of aryl methyl sites for hydroxylation is 2. The van der Waals surface area contributed by atoms with Crippen LogP contribution in [0.3, 0.4) is 0 Å². The Balaban J connectivity index is 0.000000216. The third-order valence-corrected chi connectivity index (χ3v) is 15.6. The number of unbranched alkanes of at least 4 members (excludes halogenated alkanes) is 7. The van der Waals surface area contributed by atoms with E-state index >= 15 is 0 Å². The number of hydrogen-bond donors (Lipinski definition) is 0. The molecule has 3 fully saturated rings. The van der Waals surface area contributed by atoms with Crippen molar-refractivity contribution >= 4 is 23.5 Å². The summed E-state index contributed by atoms with van der Waals surface area (Å²) in [5.41, 5.74) is 6.18. The lowest BCUT2D eigenvalue weighted by atomic mass is 9.78. The van der Waals surface area contributed by atoms with Gasteiger partial charge in [0.05, 0.1) is 17.8 Å². The molecule has 3 aromatic carbocycles. The smallest absolute Gasteiger partial charge is 0.160 e. The first kappa shape index (κ1) is 45.2. The van der Waals surface area contributed by atoms with Gasteiger partial charge in [0.25, 0.3) is 0 Å². The summed E-state index contributed by atoms with van der Waals surface area (Å²) in [5.74, 6) is 4.85. The van der Waals surface area contributed by atoms with Crippen molar-refractivity contribution in [1.29, 1.82) is 0 Å². The molecule has 0 bridgehead atoms. The number of hydrogen-bond acceptors (Lipinski definition) is 4. The van der Waals surface area contributed by atoms with Gasteiger partial charge >= 0.3 is 0 Å². The van der Waals surface area contributed by atoms with Crippen LogP contribution >= 0.6 is 23.5 Å². The summed E-state index contributed by atoms with van der Waals surface area (Å²) in [6, 6.07) is 20.3. The van der Waals surface area contributed by atoms with Crippen molar-refractivity contribution in [2.75, 3.05) is 24.7 Å². The lowest BCUT2D eigenvalue weighted by Gasteiger charge is -2.37. The third kappa shape index (κ3) is 14.2. The first-order valence-electron chi connectivity index (χ1n) is 22.6. The van der Waals surface area contributed by atoms with E-state index in [4.69, 9.17) is 9.47 Å². The Hall–Kier alpha value is -1.86. The van der Waals surface area contributed by atoms with E-state index in [1.807, 2.05) is 19.1 Å². The maximum atomic E-state index is 14.8. The first-order valence-corrected chi connectivity index (χ1v) is 24.6. The molecule has 3 aliphatic rings. The molecule has 0 unspecified atom stereocenters. The molecule has 6 heteroatoms. The molecule has 1 saturated carbocycles. The van der Waals surface area contributed by atoms with Crippen molar-refractivity contribution in [3.63, 3.8) is 0 Å². The van der Waals surface area contributed by atoms with Crippen LogP contribution in [0.5, 0.6) is 0 Å². The molecule has 6 rings (SSSR count). The summed E-state index contributed by atoms with van der Waals surface area (Å²) >= 11 is 4.17. The van der Waals surface area contributed by atoms with Gasteiger partial charge in [-0.1, -0.05) is 134 Å². The monoisotopic (exact) mass is 806 g/mol. The van der Waals surface area contributed by atoms with Crippen LogP contribution in [-0.4, -0.2) is 31.0 Å². The van der Waals surface area contributed by atoms with Gasteiger partial charge < -0.3 is 9.47 Å². The SMILES string of the molecule is CCCCCC1COC(C2CCC(c3ccc(CC)c(F)c3)CC2)OC1.CCCCCCCc1ccc(-c2ccc(C3SCC(CCCC)CS3)cc2)c(F)c1. The fourth-order valence-corrected chi connectivity index (χ4v) is 11.8. The molecule has 0 atom stereocenters. The van der Waals surface area contributed by atoms with E-state index in [-0.39, 0.29) is 17.9 Å². The van der Waals surface area contributed by atoms with Crippen LogP contribution < -0.4 is 0 Å². The van der Waals surface area contributed by atoms with Gasteiger partial charge in [0.1, 0.15) is 11.6 Å². The van der Waals surface area contributed by atoms with Gasteiger partial charge in [0, 0.05) is 17.4 Å². The quantitative estimate of drug-likeness (QED) is 0.119. The molecule has 2 saturated heterocycles. The summed E-state index contributed by atoms with van der Waals surface area (Å²) < 4.78 is 41.5. The van der Waals surface area contributed by atoms with Crippen LogP contribution in [0.1, 0.15) is 163 Å². The standard InChI is InChI=1S/C27H37FS2.C23H35FO2/c1-3-5-7-8-9-11-21-12-17-25(26(28)18-21)23-13-15-24(16-14-23)27-29-19-22(20-30-27)10-6-4-2;1-3-5-6-7-17-15-25-23(26-16-17)20-11-9-19(10-12-20)21-13-8-18(4-2)22(24)14-21/h12-18,22,27H,3-11,19-20H2,1-2H3;8,13-14,17,19-20,23H,3-7,9-12,15-16H2,1-2H3. The van der Waals surface area contributed by atoms with Crippen LogP contribution in [0.4, 0.5) is 8.78 Å². The van der Waals surface area contributed by atoms with Gasteiger partial charge in [-0.15, -0.1) is 23.5 Å².